The third-order valence-corrected chi connectivity index (χ3v) is 5.91. The minimum atomic E-state index is -0.00673. The van der Waals surface area contributed by atoms with Crippen LogP contribution in [0.4, 0.5) is 5.69 Å². The van der Waals surface area contributed by atoms with Gasteiger partial charge in [-0.3, -0.25) is 4.79 Å². The molecule has 0 atom stereocenters. The lowest BCUT2D eigenvalue weighted by atomic mass is 9.88. The van der Waals surface area contributed by atoms with E-state index in [2.05, 4.69) is 57.4 Å². The van der Waals surface area contributed by atoms with Gasteiger partial charge in [0.1, 0.15) is 5.82 Å². The van der Waals surface area contributed by atoms with Crippen molar-refractivity contribution in [1.82, 2.24) is 9.55 Å². The monoisotopic (exact) mass is 383 g/mol. The number of hydrogen-bond donors (Lipinski definition) is 0. The molecule has 1 aromatic carbocycles. The fourth-order valence-electron chi connectivity index (χ4n) is 4.34. The van der Waals surface area contributed by atoms with Crippen LogP contribution in [0.1, 0.15) is 79.0 Å². The summed E-state index contributed by atoms with van der Waals surface area (Å²) in [6.07, 6.45) is 7.32. The van der Waals surface area contributed by atoms with E-state index in [1.807, 2.05) is 7.05 Å². The molecule has 0 spiro atoms. The van der Waals surface area contributed by atoms with Crippen LogP contribution in [0.2, 0.25) is 0 Å². The minimum absolute atomic E-state index is 0.00673. The first-order valence-electron chi connectivity index (χ1n) is 10.9. The van der Waals surface area contributed by atoms with Crippen molar-refractivity contribution >= 4 is 22.6 Å². The summed E-state index contributed by atoms with van der Waals surface area (Å²) in [7, 11) is 1.87. The van der Waals surface area contributed by atoms with Crippen LogP contribution in [0.15, 0.2) is 18.2 Å². The van der Waals surface area contributed by atoms with Crippen molar-refractivity contribution in [3.05, 3.63) is 24.0 Å². The predicted molar refractivity (Wildman–Crippen MR) is 118 cm³/mol. The Morgan fingerprint density at radius 3 is 2.50 bits per heavy atom. The molecule has 154 valence electrons. The van der Waals surface area contributed by atoms with Crippen molar-refractivity contribution in [3.8, 4) is 0 Å². The number of benzene rings is 1. The molecule has 1 saturated carbocycles. The number of imidazole rings is 1. The van der Waals surface area contributed by atoms with Crippen molar-refractivity contribution in [3.63, 3.8) is 0 Å². The molecule has 0 N–H and O–H groups in total. The maximum atomic E-state index is 12.5. The van der Waals surface area contributed by atoms with E-state index < -0.39 is 0 Å². The molecule has 4 nitrogen and oxygen atoms in total. The summed E-state index contributed by atoms with van der Waals surface area (Å²) in [6, 6.07) is 6.32. The van der Waals surface area contributed by atoms with E-state index in [1.165, 1.54) is 37.6 Å². The lowest BCUT2D eigenvalue weighted by Gasteiger charge is -2.26. The summed E-state index contributed by atoms with van der Waals surface area (Å²) in [5.74, 6) is 2.43. The van der Waals surface area contributed by atoms with Gasteiger partial charge >= 0.3 is 0 Å². The van der Waals surface area contributed by atoms with Crippen LogP contribution in [-0.2, 0) is 16.8 Å². The highest BCUT2D eigenvalue weighted by Gasteiger charge is 2.25. The van der Waals surface area contributed by atoms with Crippen LogP contribution in [0.3, 0.4) is 0 Å². The van der Waals surface area contributed by atoms with Crippen molar-refractivity contribution < 1.29 is 4.79 Å². The molecule has 1 heterocycles. The van der Waals surface area contributed by atoms with Gasteiger partial charge in [0, 0.05) is 31.1 Å². The Kier molecular flexibility index (Phi) is 6.16. The quantitative estimate of drug-likeness (QED) is 0.642. The molecule has 0 bridgehead atoms. The Labute approximate surface area is 170 Å². The summed E-state index contributed by atoms with van der Waals surface area (Å²) in [6.45, 7) is 11.9. The largest absolute Gasteiger partial charge is 0.327 e. The van der Waals surface area contributed by atoms with E-state index in [0.717, 1.165) is 29.5 Å². The van der Waals surface area contributed by atoms with Gasteiger partial charge in [0.05, 0.1) is 11.0 Å². The number of carbonyl (C=O) groups excluding carboxylic acids is 1. The van der Waals surface area contributed by atoms with Gasteiger partial charge in [-0.2, -0.15) is 0 Å². The van der Waals surface area contributed by atoms with E-state index in [1.54, 1.807) is 4.90 Å². The molecule has 1 fully saturated rings. The summed E-state index contributed by atoms with van der Waals surface area (Å²) in [4.78, 5) is 19.3. The van der Waals surface area contributed by atoms with E-state index in [9.17, 15) is 4.79 Å². The smallest absolute Gasteiger partial charge is 0.226 e. The average molecular weight is 384 g/mol. The first-order valence-corrected chi connectivity index (χ1v) is 10.9. The second-order valence-corrected chi connectivity index (χ2v) is 10.0. The molecule has 0 radical (unpaired) electrons. The first kappa shape index (κ1) is 20.9. The van der Waals surface area contributed by atoms with Gasteiger partial charge in [-0.1, -0.05) is 53.9 Å². The van der Waals surface area contributed by atoms with E-state index in [0.29, 0.717) is 12.3 Å². The normalized spacial score (nSPS) is 16.1. The topological polar surface area (TPSA) is 38.1 Å². The third-order valence-electron chi connectivity index (χ3n) is 5.91. The van der Waals surface area contributed by atoms with Gasteiger partial charge in [-0.05, 0) is 42.9 Å². The summed E-state index contributed by atoms with van der Waals surface area (Å²) >= 11 is 0. The maximum absolute atomic E-state index is 12.5. The maximum Gasteiger partial charge on any atom is 0.226 e. The predicted octanol–water partition coefficient (Wildman–Crippen LogP) is 5.92. The lowest BCUT2D eigenvalue weighted by Crippen LogP contribution is -2.27. The highest BCUT2D eigenvalue weighted by atomic mass is 16.2. The fourth-order valence-corrected chi connectivity index (χ4v) is 4.34. The number of nitrogens with zero attached hydrogens (tertiary/aromatic N) is 3. The van der Waals surface area contributed by atoms with Crippen LogP contribution < -0.4 is 4.90 Å². The Balaban J connectivity index is 1.96. The molecular weight excluding hydrogens is 346 g/mol. The zero-order valence-corrected chi connectivity index (χ0v) is 18.6. The number of anilines is 1. The Hall–Kier alpha value is -1.84. The van der Waals surface area contributed by atoms with Crippen molar-refractivity contribution in [2.24, 2.45) is 11.8 Å². The van der Waals surface area contributed by atoms with Gasteiger partial charge in [0.15, 0.2) is 0 Å². The summed E-state index contributed by atoms with van der Waals surface area (Å²) in [5.41, 5.74) is 3.13. The average Bonchev–Trinajstić information content (AvgIpc) is 2.99. The standard InChI is InChI=1S/C24H37N3O/c1-17(2)14-22(28)26(6)19-12-13-21-20(15-19)25-23(24(3,4)5)27(21)16-18-10-8-7-9-11-18/h12-13,15,17-18H,7-11,14,16H2,1-6H3. The van der Waals surface area contributed by atoms with Gasteiger partial charge in [0.2, 0.25) is 5.91 Å². The summed E-state index contributed by atoms with van der Waals surface area (Å²) < 4.78 is 2.45. The SMILES string of the molecule is CC(C)CC(=O)N(C)c1ccc2c(c1)nc(C(C)(C)C)n2CC1CCCCC1. The number of hydrogen-bond acceptors (Lipinski definition) is 2. The number of rotatable bonds is 5. The number of fused-ring (bicyclic) bond motifs is 1. The van der Waals surface area contributed by atoms with Crippen LogP contribution in [0.25, 0.3) is 11.0 Å². The molecule has 3 rings (SSSR count). The molecular formula is C24H37N3O. The second-order valence-electron chi connectivity index (χ2n) is 10.0. The summed E-state index contributed by atoms with van der Waals surface area (Å²) in [5, 5.41) is 0. The molecule has 0 aliphatic heterocycles. The van der Waals surface area contributed by atoms with E-state index in [4.69, 9.17) is 4.98 Å². The van der Waals surface area contributed by atoms with Crippen molar-refractivity contribution in [1.29, 1.82) is 0 Å². The zero-order chi connectivity index (χ0) is 20.5. The number of carbonyl (C=O) groups is 1. The molecule has 2 aromatic rings. The lowest BCUT2D eigenvalue weighted by molar-refractivity contribution is -0.119. The van der Waals surface area contributed by atoms with E-state index in [-0.39, 0.29) is 11.3 Å². The highest BCUT2D eigenvalue weighted by molar-refractivity contribution is 5.95. The second kappa shape index (κ2) is 8.26. The van der Waals surface area contributed by atoms with Crippen LogP contribution in [0, 0.1) is 11.8 Å². The van der Waals surface area contributed by atoms with Crippen molar-refractivity contribution in [2.45, 2.75) is 85.1 Å². The molecule has 1 aromatic heterocycles. The Bertz CT molecular complexity index is 822. The molecule has 0 unspecified atom stereocenters. The Morgan fingerprint density at radius 1 is 1.21 bits per heavy atom. The van der Waals surface area contributed by atoms with E-state index >= 15 is 0 Å². The van der Waals surface area contributed by atoms with Crippen molar-refractivity contribution in [2.75, 3.05) is 11.9 Å². The molecule has 4 heteroatoms. The van der Waals surface area contributed by atoms with Gasteiger partial charge in [0.25, 0.3) is 0 Å². The molecule has 1 aliphatic carbocycles. The highest BCUT2D eigenvalue weighted by Crippen LogP contribution is 2.32. The van der Waals surface area contributed by atoms with Crippen LogP contribution >= 0.6 is 0 Å². The minimum Gasteiger partial charge on any atom is -0.327 e. The number of amides is 1. The van der Waals surface area contributed by atoms with Gasteiger partial charge in [-0.15, -0.1) is 0 Å². The van der Waals surface area contributed by atoms with Gasteiger partial charge < -0.3 is 9.47 Å². The fraction of sp³-hybridized carbons (Fsp3) is 0.667. The zero-order valence-electron chi connectivity index (χ0n) is 18.6. The molecule has 1 amide bonds. The van der Waals surface area contributed by atoms with Crippen LogP contribution in [0.5, 0.6) is 0 Å². The number of aromatic nitrogens is 2. The van der Waals surface area contributed by atoms with Gasteiger partial charge in [-0.25, -0.2) is 4.98 Å². The third kappa shape index (κ3) is 4.59. The van der Waals surface area contributed by atoms with Crippen LogP contribution in [-0.4, -0.2) is 22.5 Å². The Morgan fingerprint density at radius 2 is 1.89 bits per heavy atom. The first-order chi connectivity index (χ1) is 13.2. The molecule has 28 heavy (non-hydrogen) atoms. The molecule has 0 saturated heterocycles. The molecule has 1 aliphatic rings.